The highest BCUT2D eigenvalue weighted by atomic mass is 16.5. The van der Waals surface area contributed by atoms with Gasteiger partial charge in [0, 0.05) is 17.9 Å². The molecule has 21 heavy (non-hydrogen) atoms. The van der Waals surface area contributed by atoms with E-state index >= 15 is 0 Å². The van der Waals surface area contributed by atoms with E-state index in [0.717, 1.165) is 17.6 Å². The average molecular weight is 280 g/mol. The molecule has 3 aromatic carbocycles. The molecule has 0 aliphatic carbocycles. The van der Waals surface area contributed by atoms with E-state index in [4.69, 9.17) is 9.47 Å². The summed E-state index contributed by atoms with van der Waals surface area (Å²) in [5.41, 5.74) is 1.33. The quantitative estimate of drug-likeness (QED) is 0.503. The Balaban J connectivity index is 2.22. The fourth-order valence-electron chi connectivity index (χ4n) is 2.67. The van der Waals surface area contributed by atoms with Crippen molar-refractivity contribution in [2.24, 2.45) is 0 Å². The van der Waals surface area contributed by atoms with Crippen molar-refractivity contribution in [3.05, 3.63) is 54.1 Å². The van der Waals surface area contributed by atoms with Gasteiger partial charge < -0.3 is 9.47 Å². The molecule has 0 amide bonds. The molecule has 0 atom stereocenters. The minimum Gasteiger partial charge on any atom is -0.490 e. The molecule has 0 fully saturated rings. The third-order valence-corrected chi connectivity index (χ3v) is 3.82. The molecule has 0 aliphatic heterocycles. The van der Waals surface area contributed by atoms with Gasteiger partial charge >= 0.3 is 0 Å². The first-order valence-electron chi connectivity index (χ1n) is 7.39. The van der Waals surface area contributed by atoms with Gasteiger partial charge in [-0.2, -0.15) is 0 Å². The van der Waals surface area contributed by atoms with Crippen LogP contribution in [-0.2, 0) is 11.2 Å². The lowest BCUT2D eigenvalue weighted by Crippen LogP contribution is -2.05. The topological polar surface area (TPSA) is 18.5 Å². The summed E-state index contributed by atoms with van der Waals surface area (Å²) in [7, 11) is 1.69. The molecule has 2 nitrogen and oxygen atoms in total. The third kappa shape index (κ3) is 2.72. The molecule has 0 aliphatic rings. The minimum absolute atomic E-state index is 0.565. The molecule has 0 unspecified atom stereocenters. The van der Waals surface area contributed by atoms with E-state index < -0.39 is 0 Å². The molecule has 108 valence electrons. The predicted molar refractivity (Wildman–Crippen MR) is 88.2 cm³/mol. The molecule has 0 N–H and O–H groups in total. The van der Waals surface area contributed by atoms with Crippen LogP contribution in [-0.4, -0.2) is 20.3 Å². The van der Waals surface area contributed by atoms with Crippen LogP contribution < -0.4 is 4.74 Å². The first kappa shape index (κ1) is 13.9. The lowest BCUT2D eigenvalue weighted by molar-refractivity contribution is 0.148. The number of rotatable bonds is 5. The first-order chi connectivity index (χ1) is 10.3. The van der Waals surface area contributed by atoms with Gasteiger partial charge in [-0.15, -0.1) is 0 Å². The van der Waals surface area contributed by atoms with Crippen LogP contribution in [0.4, 0.5) is 0 Å². The number of aryl methyl sites for hydroxylation is 1. The van der Waals surface area contributed by atoms with Gasteiger partial charge in [-0.3, -0.25) is 0 Å². The minimum atomic E-state index is 0.565. The summed E-state index contributed by atoms with van der Waals surface area (Å²) < 4.78 is 11.2. The Morgan fingerprint density at radius 2 is 1.67 bits per heavy atom. The highest BCUT2D eigenvalue weighted by Gasteiger charge is 2.09. The molecule has 0 saturated heterocycles. The van der Waals surface area contributed by atoms with Gasteiger partial charge in [0.05, 0.1) is 6.61 Å². The maximum atomic E-state index is 6.05. The Bertz CT molecular complexity index is 762. The second-order valence-corrected chi connectivity index (χ2v) is 5.18. The van der Waals surface area contributed by atoms with Crippen LogP contribution in [0.15, 0.2) is 48.5 Å². The Kier molecular flexibility index (Phi) is 4.07. The molecule has 0 radical (unpaired) electrons. The van der Waals surface area contributed by atoms with Crippen molar-refractivity contribution < 1.29 is 9.47 Å². The molecular formula is C19H20O2. The molecule has 3 aromatic rings. The molecule has 0 heterocycles. The summed E-state index contributed by atoms with van der Waals surface area (Å²) in [5, 5.41) is 4.78. The van der Waals surface area contributed by atoms with Crippen molar-refractivity contribution in [1.29, 1.82) is 0 Å². The number of fused-ring (bicyclic) bond motifs is 2. The van der Waals surface area contributed by atoms with Gasteiger partial charge in [0.1, 0.15) is 12.4 Å². The van der Waals surface area contributed by atoms with E-state index in [2.05, 4.69) is 55.5 Å². The number of ether oxygens (including phenoxy) is 2. The maximum absolute atomic E-state index is 6.05. The zero-order valence-corrected chi connectivity index (χ0v) is 12.6. The number of benzene rings is 3. The van der Waals surface area contributed by atoms with E-state index in [0.29, 0.717) is 13.2 Å². The Morgan fingerprint density at radius 1 is 0.857 bits per heavy atom. The highest BCUT2D eigenvalue weighted by Crippen LogP contribution is 2.35. The van der Waals surface area contributed by atoms with E-state index in [-0.39, 0.29) is 0 Å². The number of hydrogen-bond donors (Lipinski definition) is 0. The molecule has 0 bridgehead atoms. The molecule has 0 aromatic heterocycles. The maximum Gasteiger partial charge on any atom is 0.135 e. The molecule has 3 rings (SSSR count). The average Bonchev–Trinajstić information content (AvgIpc) is 2.54. The van der Waals surface area contributed by atoms with E-state index in [1.54, 1.807) is 7.11 Å². The molecular weight excluding hydrogens is 260 g/mol. The molecule has 2 heteroatoms. The molecule has 0 spiro atoms. The summed E-state index contributed by atoms with van der Waals surface area (Å²) >= 11 is 0. The van der Waals surface area contributed by atoms with Crippen LogP contribution in [0.25, 0.3) is 21.5 Å². The second-order valence-electron chi connectivity index (χ2n) is 5.18. The zero-order chi connectivity index (χ0) is 14.7. The van der Waals surface area contributed by atoms with Gasteiger partial charge in [0.25, 0.3) is 0 Å². The zero-order valence-electron chi connectivity index (χ0n) is 12.6. The number of hydrogen-bond acceptors (Lipinski definition) is 2. The molecule has 0 saturated carbocycles. The fourth-order valence-corrected chi connectivity index (χ4v) is 2.67. The van der Waals surface area contributed by atoms with Crippen molar-refractivity contribution in [1.82, 2.24) is 0 Å². The Labute approximate surface area is 125 Å². The highest BCUT2D eigenvalue weighted by molar-refractivity contribution is 6.05. The lowest BCUT2D eigenvalue weighted by Gasteiger charge is -2.13. The van der Waals surface area contributed by atoms with E-state index in [1.165, 1.54) is 21.7 Å². The van der Waals surface area contributed by atoms with Crippen molar-refractivity contribution in [3.8, 4) is 5.75 Å². The van der Waals surface area contributed by atoms with Crippen LogP contribution in [0.5, 0.6) is 5.75 Å². The Morgan fingerprint density at radius 3 is 2.48 bits per heavy atom. The van der Waals surface area contributed by atoms with Crippen LogP contribution in [0.1, 0.15) is 12.5 Å². The largest absolute Gasteiger partial charge is 0.490 e. The lowest BCUT2D eigenvalue weighted by atomic mass is 9.99. The van der Waals surface area contributed by atoms with Gasteiger partial charge in [-0.1, -0.05) is 43.3 Å². The van der Waals surface area contributed by atoms with Crippen molar-refractivity contribution in [3.63, 3.8) is 0 Å². The monoisotopic (exact) mass is 280 g/mol. The first-order valence-corrected chi connectivity index (χ1v) is 7.39. The predicted octanol–water partition coefficient (Wildman–Crippen LogP) is 4.58. The summed E-state index contributed by atoms with van der Waals surface area (Å²) in [6, 6.07) is 17.2. The SMILES string of the molecule is CCc1ccc2cc3ccccc3c(OCCOC)c2c1. The van der Waals surface area contributed by atoms with Crippen molar-refractivity contribution in [2.75, 3.05) is 20.3 Å². The normalized spacial score (nSPS) is 11.1. The van der Waals surface area contributed by atoms with Crippen LogP contribution in [0.2, 0.25) is 0 Å². The van der Waals surface area contributed by atoms with E-state index in [9.17, 15) is 0 Å². The van der Waals surface area contributed by atoms with Gasteiger partial charge in [0.15, 0.2) is 0 Å². The smallest absolute Gasteiger partial charge is 0.135 e. The summed E-state index contributed by atoms with van der Waals surface area (Å²) in [4.78, 5) is 0. The second kappa shape index (κ2) is 6.15. The fraction of sp³-hybridized carbons (Fsp3) is 0.263. The van der Waals surface area contributed by atoms with Crippen LogP contribution in [0, 0.1) is 0 Å². The van der Waals surface area contributed by atoms with Crippen LogP contribution in [0.3, 0.4) is 0 Å². The van der Waals surface area contributed by atoms with Gasteiger partial charge in [-0.05, 0) is 34.9 Å². The van der Waals surface area contributed by atoms with Crippen molar-refractivity contribution >= 4 is 21.5 Å². The number of methoxy groups -OCH3 is 1. The van der Waals surface area contributed by atoms with Crippen molar-refractivity contribution in [2.45, 2.75) is 13.3 Å². The van der Waals surface area contributed by atoms with E-state index in [1.807, 2.05) is 0 Å². The summed E-state index contributed by atoms with van der Waals surface area (Å²) in [5.74, 6) is 0.968. The van der Waals surface area contributed by atoms with Gasteiger partial charge in [0.2, 0.25) is 0 Å². The standard InChI is InChI=1S/C19H20O2/c1-3-14-8-9-16-13-15-6-4-5-7-17(15)19(18(16)12-14)21-11-10-20-2/h4-9,12-13H,3,10-11H2,1-2H3. The summed E-state index contributed by atoms with van der Waals surface area (Å²) in [6.07, 6.45) is 1.03. The Hall–Kier alpha value is -2.06. The summed E-state index contributed by atoms with van der Waals surface area (Å²) in [6.45, 7) is 3.34. The van der Waals surface area contributed by atoms with Gasteiger partial charge in [-0.25, -0.2) is 0 Å². The van der Waals surface area contributed by atoms with Crippen LogP contribution >= 0.6 is 0 Å². The third-order valence-electron chi connectivity index (χ3n) is 3.82.